The number of rotatable bonds is 1. The monoisotopic (exact) mass is 305 g/mol. The van der Waals surface area contributed by atoms with Gasteiger partial charge < -0.3 is 9.32 Å². The smallest absolute Gasteiger partial charge is 0.258 e. The lowest BCUT2D eigenvalue weighted by Gasteiger charge is -2.33. The number of amides is 1. The van der Waals surface area contributed by atoms with Crippen LogP contribution in [0, 0.1) is 5.92 Å². The highest BCUT2D eigenvalue weighted by Crippen LogP contribution is 2.25. The van der Waals surface area contributed by atoms with Crippen molar-refractivity contribution in [1.82, 2.24) is 4.90 Å². The molecule has 1 saturated heterocycles. The maximum Gasteiger partial charge on any atom is 0.258 e. The van der Waals surface area contributed by atoms with Gasteiger partial charge in [0.2, 0.25) is 0 Å². The minimum absolute atomic E-state index is 0.0102. The minimum Gasteiger partial charge on any atom is -0.457 e. The molecular weight excluding hydrogens is 293 g/mol. The van der Waals surface area contributed by atoms with Crippen LogP contribution in [0.5, 0.6) is 0 Å². The zero-order chi connectivity index (χ0) is 11.7. The number of hydrogen-bond donors (Lipinski definition) is 0. The van der Waals surface area contributed by atoms with Crippen molar-refractivity contribution in [3.63, 3.8) is 0 Å². The van der Waals surface area contributed by atoms with Gasteiger partial charge in [0.15, 0.2) is 4.67 Å². The highest BCUT2D eigenvalue weighted by atomic mass is 79.9. The molecule has 1 aliphatic rings. The Morgan fingerprint density at radius 3 is 3.00 bits per heavy atom. The molecule has 2 unspecified atom stereocenters. The molecule has 0 aliphatic carbocycles. The van der Waals surface area contributed by atoms with Crippen LogP contribution in [0.3, 0.4) is 0 Å². The van der Waals surface area contributed by atoms with Gasteiger partial charge >= 0.3 is 0 Å². The van der Waals surface area contributed by atoms with E-state index in [1.165, 1.54) is 6.26 Å². The predicted molar refractivity (Wildman–Crippen MR) is 65.7 cm³/mol. The summed E-state index contributed by atoms with van der Waals surface area (Å²) in [5.74, 6) is 0.348. The largest absolute Gasteiger partial charge is 0.457 e. The number of carbonyl (C=O) groups is 1. The van der Waals surface area contributed by atoms with E-state index in [1.54, 1.807) is 6.07 Å². The molecule has 0 saturated carbocycles. The Hall–Kier alpha value is -0.480. The lowest BCUT2D eigenvalue weighted by atomic mass is 9.99. The fourth-order valence-corrected chi connectivity index (χ4v) is 2.50. The van der Waals surface area contributed by atoms with Gasteiger partial charge in [-0.05, 0) is 34.3 Å². The number of likely N-dealkylation sites (tertiary alicyclic amines) is 1. The van der Waals surface area contributed by atoms with E-state index >= 15 is 0 Å². The van der Waals surface area contributed by atoms with Crippen LogP contribution in [0.2, 0.25) is 0 Å². The Labute approximate surface area is 108 Å². The molecule has 88 valence electrons. The predicted octanol–water partition coefficient (Wildman–Crippen LogP) is 3.13. The molecule has 1 fully saturated rings. The highest BCUT2D eigenvalue weighted by Gasteiger charge is 2.29. The van der Waals surface area contributed by atoms with E-state index in [1.807, 2.05) is 4.90 Å². The molecule has 1 aromatic heterocycles. The van der Waals surface area contributed by atoms with E-state index in [-0.39, 0.29) is 11.3 Å². The van der Waals surface area contributed by atoms with Gasteiger partial charge in [0.05, 0.1) is 11.8 Å². The fourth-order valence-electron chi connectivity index (χ4n) is 1.92. The number of alkyl halides is 1. The van der Waals surface area contributed by atoms with E-state index in [2.05, 4.69) is 22.9 Å². The van der Waals surface area contributed by atoms with Gasteiger partial charge in [0.1, 0.15) is 0 Å². The standard InChI is InChI=1S/C11H13BrClNO2/c1-7-6-14(4-2-9(7)13)11(15)8-3-5-16-10(8)12/h3,5,7,9H,2,4,6H2,1H3. The number of halogens is 2. The normalized spacial score (nSPS) is 25.8. The Bertz CT molecular complexity index is 393. The second-order valence-electron chi connectivity index (χ2n) is 4.14. The van der Waals surface area contributed by atoms with Gasteiger partial charge in [-0.3, -0.25) is 4.79 Å². The van der Waals surface area contributed by atoms with Crippen LogP contribution >= 0.6 is 27.5 Å². The van der Waals surface area contributed by atoms with E-state index in [0.29, 0.717) is 22.7 Å². The van der Waals surface area contributed by atoms with Gasteiger partial charge in [0, 0.05) is 18.5 Å². The summed E-state index contributed by atoms with van der Waals surface area (Å²) in [6, 6.07) is 1.68. The quantitative estimate of drug-likeness (QED) is 0.747. The number of nitrogens with zero attached hydrogens (tertiary/aromatic N) is 1. The first kappa shape index (κ1) is 12.0. The summed E-state index contributed by atoms with van der Waals surface area (Å²) in [5.41, 5.74) is 0.584. The number of carbonyl (C=O) groups excluding carboxylic acids is 1. The van der Waals surface area contributed by atoms with Gasteiger partial charge in [0.25, 0.3) is 5.91 Å². The third kappa shape index (κ3) is 2.28. The molecule has 2 atom stereocenters. The van der Waals surface area contributed by atoms with Crippen LogP contribution in [-0.4, -0.2) is 29.3 Å². The topological polar surface area (TPSA) is 33.5 Å². The Morgan fingerprint density at radius 2 is 2.44 bits per heavy atom. The summed E-state index contributed by atoms with van der Waals surface area (Å²) < 4.78 is 5.57. The van der Waals surface area contributed by atoms with Crippen molar-refractivity contribution in [1.29, 1.82) is 0 Å². The van der Waals surface area contributed by atoms with Crippen molar-refractivity contribution in [3.05, 3.63) is 22.6 Å². The molecule has 2 rings (SSSR count). The minimum atomic E-state index is 0.0102. The van der Waals surface area contributed by atoms with E-state index in [9.17, 15) is 4.79 Å². The van der Waals surface area contributed by atoms with Crippen molar-refractivity contribution < 1.29 is 9.21 Å². The van der Waals surface area contributed by atoms with Crippen molar-refractivity contribution in [2.75, 3.05) is 13.1 Å². The van der Waals surface area contributed by atoms with Gasteiger partial charge in [-0.15, -0.1) is 11.6 Å². The molecule has 1 amide bonds. The summed E-state index contributed by atoms with van der Waals surface area (Å²) in [6.07, 6.45) is 2.36. The van der Waals surface area contributed by atoms with Crippen molar-refractivity contribution in [2.24, 2.45) is 5.92 Å². The average Bonchev–Trinajstić information content (AvgIpc) is 2.67. The molecule has 0 aromatic carbocycles. The van der Waals surface area contributed by atoms with E-state index in [4.69, 9.17) is 16.0 Å². The van der Waals surface area contributed by atoms with Crippen LogP contribution in [0.4, 0.5) is 0 Å². The van der Waals surface area contributed by atoms with E-state index in [0.717, 1.165) is 13.0 Å². The van der Waals surface area contributed by atoms with Crippen LogP contribution in [0.15, 0.2) is 21.4 Å². The zero-order valence-electron chi connectivity index (χ0n) is 8.95. The first-order valence-electron chi connectivity index (χ1n) is 5.26. The lowest BCUT2D eigenvalue weighted by Crippen LogP contribution is -2.43. The average molecular weight is 307 g/mol. The number of hydrogen-bond acceptors (Lipinski definition) is 2. The molecule has 0 radical (unpaired) electrons. The maximum atomic E-state index is 12.1. The first-order chi connectivity index (χ1) is 7.59. The Morgan fingerprint density at radius 1 is 1.69 bits per heavy atom. The van der Waals surface area contributed by atoms with Gasteiger partial charge in [-0.1, -0.05) is 6.92 Å². The molecular formula is C11H13BrClNO2. The van der Waals surface area contributed by atoms with E-state index < -0.39 is 0 Å². The molecule has 0 spiro atoms. The second kappa shape index (κ2) is 4.80. The first-order valence-corrected chi connectivity index (χ1v) is 6.49. The van der Waals surface area contributed by atoms with Crippen LogP contribution in [0.1, 0.15) is 23.7 Å². The second-order valence-corrected chi connectivity index (χ2v) is 5.42. The van der Waals surface area contributed by atoms with Gasteiger partial charge in [-0.25, -0.2) is 0 Å². The molecule has 0 bridgehead atoms. The van der Waals surface area contributed by atoms with Crippen molar-refractivity contribution in [3.8, 4) is 0 Å². The van der Waals surface area contributed by atoms with Crippen molar-refractivity contribution in [2.45, 2.75) is 18.7 Å². The maximum absolute atomic E-state index is 12.1. The summed E-state index contributed by atoms with van der Waals surface area (Å²) in [7, 11) is 0. The molecule has 1 aliphatic heterocycles. The summed E-state index contributed by atoms with van der Waals surface area (Å²) in [5, 5.41) is 0.178. The molecule has 1 aromatic rings. The molecule has 2 heterocycles. The number of piperidine rings is 1. The third-order valence-electron chi connectivity index (χ3n) is 2.94. The summed E-state index contributed by atoms with van der Waals surface area (Å²) in [4.78, 5) is 14.0. The molecule has 3 nitrogen and oxygen atoms in total. The number of furan rings is 1. The summed E-state index contributed by atoms with van der Waals surface area (Å²) >= 11 is 9.35. The fraction of sp³-hybridized carbons (Fsp3) is 0.545. The highest BCUT2D eigenvalue weighted by molar-refractivity contribution is 9.10. The molecule has 16 heavy (non-hydrogen) atoms. The van der Waals surface area contributed by atoms with Gasteiger partial charge in [-0.2, -0.15) is 0 Å². The zero-order valence-corrected chi connectivity index (χ0v) is 11.3. The molecule has 5 heteroatoms. The van der Waals surface area contributed by atoms with Crippen LogP contribution in [0.25, 0.3) is 0 Å². The van der Waals surface area contributed by atoms with Crippen LogP contribution in [-0.2, 0) is 0 Å². The lowest BCUT2D eigenvalue weighted by molar-refractivity contribution is 0.0685. The Kier molecular flexibility index (Phi) is 3.60. The Balaban J connectivity index is 2.09. The van der Waals surface area contributed by atoms with Crippen molar-refractivity contribution >= 4 is 33.4 Å². The van der Waals surface area contributed by atoms with Crippen LogP contribution < -0.4 is 0 Å². The third-order valence-corrected chi connectivity index (χ3v) is 4.20. The SMILES string of the molecule is CC1CN(C(=O)c2ccoc2Br)CCC1Cl. The molecule has 0 N–H and O–H groups in total. The summed E-state index contributed by atoms with van der Waals surface area (Å²) in [6.45, 7) is 3.50.